The SMILES string of the molecule is CC(C)(C)OC(=O)NC(CSc1ccc(C#N)cc1N[O-])C(=O)O. The number of aliphatic carboxylic acids is 1. The number of carboxylic acids is 1. The van der Waals surface area contributed by atoms with Gasteiger partial charge in [-0.1, -0.05) is 0 Å². The third kappa shape index (κ3) is 6.36. The van der Waals surface area contributed by atoms with Crippen LogP contribution in [0.15, 0.2) is 23.1 Å². The lowest BCUT2D eigenvalue weighted by atomic mass is 10.2. The van der Waals surface area contributed by atoms with Crippen molar-refractivity contribution in [1.82, 2.24) is 5.32 Å². The van der Waals surface area contributed by atoms with Crippen molar-refractivity contribution in [3.8, 4) is 6.07 Å². The summed E-state index contributed by atoms with van der Waals surface area (Å²) in [4.78, 5) is 23.4. The normalized spacial score (nSPS) is 12.0. The van der Waals surface area contributed by atoms with Crippen LogP contribution in [0.3, 0.4) is 0 Å². The summed E-state index contributed by atoms with van der Waals surface area (Å²) < 4.78 is 5.02. The monoisotopic (exact) mass is 352 g/mol. The Morgan fingerprint density at radius 1 is 1.46 bits per heavy atom. The summed E-state index contributed by atoms with van der Waals surface area (Å²) in [5.74, 6) is -1.24. The molecule has 0 saturated heterocycles. The van der Waals surface area contributed by atoms with Gasteiger partial charge in [-0.25, -0.2) is 9.59 Å². The fourth-order valence-electron chi connectivity index (χ4n) is 1.60. The predicted octanol–water partition coefficient (Wildman–Crippen LogP) is 2.54. The largest absolute Gasteiger partial charge is 0.761 e. The molecule has 1 atom stereocenters. The number of carboxylic acid groups (broad SMARTS) is 1. The average molecular weight is 352 g/mol. The van der Waals surface area contributed by atoms with Gasteiger partial charge in [-0.2, -0.15) is 5.26 Å². The van der Waals surface area contributed by atoms with Crippen molar-refractivity contribution in [3.05, 3.63) is 29.0 Å². The topological polar surface area (TPSA) is 135 Å². The summed E-state index contributed by atoms with van der Waals surface area (Å²) in [6.07, 6.45) is -0.836. The van der Waals surface area contributed by atoms with E-state index in [1.54, 1.807) is 26.3 Å². The quantitative estimate of drug-likeness (QED) is 0.525. The van der Waals surface area contributed by atoms with Crippen LogP contribution in [0.4, 0.5) is 10.5 Å². The second-order valence-electron chi connectivity index (χ2n) is 5.77. The number of benzene rings is 1. The number of amides is 1. The fourth-order valence-corrected chi connectivity index (χ4v) is 2.60. The van der Waals surface area contributed by atoms with E-state index < -0.39 is 23.7 Å². The molecule has 0 aliphatic rings. The first kappa shape index (κ1) is 19.6. The lowest BCUT2D eigenvalue weighted by molar-refractivity contribution is -0.138. The van der Waals surface area contributed by atoms with Crippen molar-refractivity contribution in [2.45, 2.75) is 37.3 Å². The summed E-state index contributed by atoms with van der Waals surface area (Å²) in [5.41, 5.74) is 1.44. The van der Waals surface area contributed by atoms with Gasteiger partial charge in [-0.3, -0.25) is 0 Å². The number of ether oxygens (including phenoxy) is 1. The highest BCUT2D eigenvalue weighted by atomic mass is 32.2. The van der Waals surface area contributed by atoms with Gasteiger partial charge in [0.2, 0.25) is 0 Å². The van der Waals surface area contributed by atoms with Crippen LogP contribution in [-0.2, 0) is 9.53 Å². The number of nitrogens with zero attached hydrogens (tertiary/aromatic N) is 1. The van der Waals surface area contributed by atoms with Crippen LogP contribution in [0.1, 0.15) is 26.3 Å². The van der Waals surface area contributed by atoms with Crippen LogP contribution < -0.4 is 10.8 Å². The minimum Gasteiger partial charge on any atom is -0.761 e. The van der Waals surface area contributed by atoms with Gasteiger partial charge in [0, 0.05) is 16.3 Å². The molecule has 0 saturated carbocycles. The third-order valence-corrected chi connectivity index (χ3v) is 3.78. The van der Waals surface area contributed by atoms with E-state index >= 15 is 0 Å². The Balaban J connectivity index is 2.76. The summed E-state index contributed by atoms with van der Waals surface area (Å²) in [6.45, 7) is 5.00. The number of nitriles is 1. The summed E-state index contributed by atoms with van der Waals surface area (Å²) in [7, 11) is 0. The summed E-state index contributed by atoms with van der Waals surface area (Å²) >= 11 is 1.06. The highest BCUT2D eigenvalue weighted by Crippen LogP contribution is 2.28. The first-order valence-corrected chi connectivity index (χ1v) is 7.92. The van der Waals surface area contributed by atoms with Crippen LogP contribution >= 0.6 is 11.8 Å². The molecule has 0 aliphatic carbocycles. The number of anilines is 1. The van der Waals surface area contributed by atoms with Crippen LogP contribution in [0, 0.1) is 16.5 Å². The molecule has 0 aromatic heterocycles. The molecule has 130 valence electrons. The molecule has 24 heavy (non-hydrogen) atoms. The lowest BCUT2D eigenvalue weighted by Gasteiger charge is -2.22. The number of carbonyl (C=O) groups is 2. The van der Waals surface area contributed by atoms with Crippen molar-refractivity contribution in [2.24, 2.45) is 0 Å². The fraction of sp³-hybridized carbons (Fsp3) is 0.400. The van der Waals surface area contributed by atoms with Crippen LogP contribution in [-0.4, -0.2) is 34.6 Å². The van der Waals surface area contributed by atoms with Crippen molar-refractivity contribution in [2.75, 3.05) is 11.2 Å². The molecule has 1 amide bonds. The zero-order valence-corrected chi connectivity index (χ0v) is 14.3. The van der Waals surface area contributed by atoms with E-state index in [-0.39, 0.29) is 11.4 Å². The van der Waals surface area contributed by atoms with Gasteiger partial charge in [0.25, 0.3) is 0 Å². The van der Waals surface area contributed by atoms with Gasteiger partial charge in [0.15, 0.2) is 0 Å². The van der Waals surface area contributed by atoms with E-state index in [0.717, 1.165) is 11.8 Å². The van der Waals surface area contributed by atoms with Crippen LogP contribution in [0.5, 0.6) is 0 Å². The number of nitrogens with one attached hydrogen (secondary N) is 2. The Bertz CT molecular complexity index is 651. The van der Waals surface area contributed by atoms with E-state index in [9.17, 15) is 19.9 Å². The molecule has 1 aromatic carbocycles. The molecule has 1 rings (SSSR count). The predicted molar refractivity (Wildman–Crippen MR) is 89.7 cm³/mol. The molecular formula is C15H18N3O5S-. The van der Waals surface area contributed by atoms with E-state index in [0.29, 0.717) is 10.5 Å². The van der Waals surface area contributed by atoms with E-state index in [4.69, 9.17) is 10.00 Å². The average Bonchev–Trinajstić information content (AvgIpc) is 2.49. The maximum Gasteiger partial charge on any atom is 0.408 e. The molecule has 1 aromatic rings. The maximum absolute atomic E-state index is 11.7. The molecule has 0 aliphatic heterocycles. The van der Waals surface area contributed by atoms with Gasteiger partial charge in [0.05, 0.1) is 11.6 Å². The van der Waals surface area contributed by atoms with Crippen molar-refractivity contribution >= 4 is 29.5 Å². The molecule has 8 nitrogen and oxygen atoms in total. The number of carbonyl (C=O) groups excluding carboxylic acids is 1. The van der Waals surface area contributed by atoms with E-state index in [1.165, 1.54) is 18.2 Å². The molecule has 0 bridgehead atoms. The standard InChI is InChI=1S/C15H18N3O5S/c1-15(2,3)23-14(21)17-11(13(19)20)8-24-12-5-4-9(7-16)6-10(12)18-22/h4-6,11,18H,8H2,1-3H3,(H,17,21)(H,19,20)/q-1. The molecular weight excluding hydrogens is 334 g/mol. The Hall–Kier alpha value is -2.44. The second kappa shape index (κ2) is 8.42. The van der Waals surface area contributed by atoms with Crippen molar-refractivity contribution < 1.29 is 19.4 Å². The highest BCUT2D eigenvalue weighted by Gasteiger charge is 2.24. The smallest absolute Gasteiger partial charge is 0.408 e. The number of hydrogen-bond acceptors (Lipinski definition) is 7. The number of alkyl carbamates (subject to hydrolysis) is 1. The minimum absolute atomic E-state index is 0.0187. The van der Waals surface area contributed by atoms with Crippen LogP contribution in [0.25, 0.3) is 0 Å². The third-order valence-electron chi connectivity index (χ3n) is 2.61. The van der Waals surface area contributed by atoms with Crippen molar-refractivity contribution in [3.63, 3.8) is 0 Å². The zero-order valence-electron chi connectivity index (χ0n) is 13.5. The molecule has 1 unspecified atom stereocenters. The summed E-state index contributed by atoms with van der Waals surface area (Å²) in [6, 6.07) is 5.13. The zero-order chi connectivity index (χ0) is 18.3. The highest BCUT2D eigenvalue weighted by molar-refractivity contribution is 7.99. The molecule has 0 radical (unpaired) electrons. The molecule has 0 heterocycles. The molecule has 0 fully saturated rings. The maximum atomic E-state index is 11.7. The van der Waals surface area contributed by atoms with Crippen LogP contribution in [0.2, 0.25) is 0 Å². The Morgan fingerprint density at radius 2 is 2.12 bits per heavy atom. The Kier molecular flexibility index (Phi) is 6.88. The minimum atomic E-state index is -1.22. The van der Waals surface area contributed by atoms with E-state index in [1.807, 2.05) is 6.07 Å². The second-order valence-corrected chi connectivity index (χ2v) is 6.83. The van der Waals surface area contributed by atoms with Gasteiger partial charge < -0.3 is 25.8 Å². The van der Waals surface area contributed by atoms with Gasteiger partial charge in [-0.05, 0) is 39.0 Å². The summed E-state index contributed by atoms with van der Waals surface area (Å²) in [5, 5.41) is 31.2. The first-order valence-electron chi connectivity index (χ1n) is 6.93. The van der Waals surface area contributed by atoms with Gasteiger partial charge in [-0.15, -0.1) is 11.8 Å². The number of rotatable bonds is 6. The van der Waals surface area contributed by atoms with Crippen molar-refractivity contribution in [1.29, 1.82) is 5.26 Å². The first-order chi connectivity index (χ1) is 11.2. The number of thioether (sulfide) groups is 1. The molecule has 3 N–H and O–H groups in total. The molecule has 0 spiro atoms. The Morgan fingerprint density at radius 3 is 2.62 bits per heavy atom. The number of hydrogen-bond donors (Lipinski definition) is 3. The molecule has 9 heteroatoms. The van der Waals surface area contributed by atoms with Gasteiger partial charge >= 0.3 is 12.1 Å². The van der Waals surface area contributed by atoms with Gasteiger partial charge in [0.1, 0.15) is 11.6 Å². The van der Waals surface area contributed by atoms with E-state index in [2.05, 4.69) is 5.32 Å². The Labute approximate surface area is 143 Å². The lowest BCUT2D eigenvalue weighted by Crippen LogP contribution is -2.44.